The van der Waals surface area contributed by atoms with Crippen molar-refractivity contribution < 1.29 is 9.53 Å². The number of rotatable bonds is 4. The Morgan fingerprint density at radius 1 is 1.25 bits per heavy atom. The molecular weight excluding hydrogens is 344 g/mol. The monoisotopic (exact) mass is 362 g/mol. The highest BCUT2D eigenvalue weighted by Gasteiger charge is 2.22. The van der Waals surface area contributed by atoms with E-state index in [0.29, 0.717) is 17.2 Å². The molecule has 0 aliphatic carbocycles. The topological polar surface area (TPSA) is 68.2 Å². The van der Waals surface area contributed by atoms with Crippen LogP contribution in [0.2, 0.25) is 0 Å². The highest BCUT2D eigenvalue weighted by molar-refractivity contribution is 7.20. The molecule has 0 N–H and O–H groups in total. The number of ether oxygens (including phenoxy) is 1. The summed E-state index contributed by atoms with van der Waals surface area (Å²) in [6.45, 7) is 6.41. The molecule has 0 atom stereocenters. The largest absolute Gasteiger partial charge is 0.465 e. The van der Waals surface area contributed by atoms with Crippen LogP contribution in [0.25, 0.3) is 10.2 Å². The Labute approximate surface area is 148 Å². The number of aromatic nitrogens is 3. The third kappa shape index (κ3) is 2.99. The fraction of sp³-hybridized carbons (Fsp3) is 0.375. The lowest BCUT2D eigenvalue weighted by atomic mass is 10.2. The minimum Gasteiger partial charge on any atom is -0.465 e. The molecule has 8 heteroatoms. The first-order valence-corrected chi connectivity index (χ1v) is 9.08. The molecule has 0 aliphatic rings. The SMILES string of the molecule is COC(=O)c1sc2nc(C)nc(N(C)Cc3nc(C)cs3)c2c1C. The van der Waals surface area contributed by atoms with E-state index in [-0.39, 0.29) is 5.97 Å². The van der Waals surface area contributed by atoms with Gasteiger partial charge in [0.25, 0.3) is 0 Å². The molecule has 126 valence electrons. The van der Waals surface area contributed by atoms with Gasteiger partial charge in [0.1, 0.15) is 26.4 Å². The Balaban J connectivity index is 2.09. The number of esters is 1. The maximum atomic E-state index is 12.0. The van der Waals surface area contributed by atoms with E-state index >= 15 is 0 Å². The number of nitrogens with zero attached hydrogens (tertiary/aromatic N) is 4. The number of methoxy groups -OCH3 is 1. The predicted octanol–water partition coefficient (Wildman–Crippen LogP) is 3.50. The number of carbonyl (C=O) groups excluding carboxylic acids is 1. The van der Waals surface area contributed by atoms with Crippen molar-refractivity contribution in [2.24, 2.45) is 0 Å². The van der Waals surface area contributed by atoms with Crippen LogP contribution in [0.3, 0.4) is 0 Å². The van der Waals surface area contributed by atoms with Crippen LogP contribution < -0.4 is 4.90 Å². The van der Waals surface area contributed by atoms with E-state index in [1.54, 1.807) is 11.3 Å². The summed E-state index contributed by atoms with van der Waals surface area (Å²) in [6.07, 6.45) is 0. The molecule has 0 unspecified atom stereocenters. The van der Waals surface area contributed by atoms with Gasteiger partial charge in [0.15, 0.2) is 0 Å². The van der Waals surface area contributed by atoms with E-state index < -0.39 is 0 Å². The number of fused-ring (bicyclic) bond motifs is 1. The van der Waals surface area contributed by atoms with Crippen molar-refractivity contribution in [3.8, 4) is 0 Å². The number of thiazole rings is 1. The molecule has 3 aromatic heterocycles. The predicted molar refractivity (Wildman–Crippen MR) is 97.2 cm³/mol. The fourth-order valence-electron chi connectivity index (χ4n) is 2.54. The number of hydrogen-bond donors (Lipinski definition) is 0. The van der Waals surface area contributed by atoms with Crippen molar-refractivity contribution in [1.82, 2.24) is 15.0 Å². The van der Waals surface area contributed by atoms with Gasteiger partial charge in [0.2, 0.25) is 0 Å². The molecule has 0 spiro atoms. The van der Waals surface area contributed by atoms with Crippen molar-refractivity contribution in [3.05, 3.63) is 32.3 Å². The van der Waals surface area contributed by atoms with Crippen LogP contribution in [0.15, 0.2) is 5.38 Å². The second-order valence-electron chi connectivity index (χ2n) is 5.56. The average Bonchev–Trinajstić information content (AvgIpc) is 3.09. The van der Waals surface area contributed by atoms with Crippen LogP contribution in [-0.2, 0) is 11.3 Å². The lowest BCUT2D eigenvalue weighted by Gasteiger charge is -2.18. The number of anilines is 1. The maximum absolute atomic E-state index is 12.0. The molecule has 0 aromatic carbocycles. The van der Waals surface area contributed by atoms with Gasteiger partial charge in [0, 0.05) is 18.1 Å². The minimum atomic E-state index is -0.336. The quantitative estimate of drug-likeness (QED) is 0.662. The van der Waals surface area contributed by atoms with Crippen molar-refractivity contribution in [2.75, 3.05) is 19.1 Å². The van der Waals surface area contributed by atoms with Gasteiger partial charge >= 0.3 is 5.97 Å². The van der Waals surface area contributed by atoms with Gasteiger partial charge in [-0.05, 0) is 26.3 Å². The Hall–Kier alpha value is -2.06. The molecule has 6 nitrogen and oxygen atoms in total. The second kappa shape index (κ2) is 6.45. The van der Waals surface area contributed by atoms with Crippen molar-refractivity contribution in [1.29, 1.82) is 0 Å². The molecule has 24 heavy (non-hydrogen) atoms. The van der Waals surface area contributed by atoms with Gasteiger partial charge in [-0.15, -0.1) is 22.7 Å². The van der Waals surface area contributed by atoms with Crippen LogP contribution in [0, 0.1) is 20.8 Å². The van der Waals surface area contributed by atoms with Crippen molar-refractivity contribution in [3.63, 3.8) is 0 Å². The van der Waals surface area contributed by atoms with Gasteiger partial charge in [-0.3, -0.25) is 0 Å². The molecule has 0 radical (unpaired) electrons. The van der Waals surface area contributed by atoms with E-state index in [0.717, 1.165) is 32.3 Å². The van der Waals surface area contributed by atoms with Gasteiger partial charge < -0.3 is 9.64 Å². The standard InChI is InChI=1S/C16H18N4O2S2/c1-8-7-23-11(17-8)6-20(4)14-12-9(2)13(16(21)22-5)24-15(12)19-10(3)18-14/h7H,6H2,1-5H3. The van der Waals surface area contributed by atoms with Crippen LogP contribution in [0.5, 0.6) is 0 Å². The Morgan fingerprint density at radius 2 is 2.00 bits per heavy atom. The molecule has 0 saturated carbocycles. The molecule has 0 bridgehead atoms. The van der Waals surface area contributed by atoms with E-state index in [4.69, 9.17) is 4.74 Å². The third-order valence-electron chi connectivity index (χ3n) is 3.65. The summed E-state index contributed by atoms with van der Waals surface area (Å²) in [5, 5.41) is 3.97. The average molecular weight is 362 g/mol. The van der Waals surface area contributed by atoms with Gasteiger partial charge in [-0.1, -0.05) is 0 Å². The first kappa shape index (κ1) is 16.8. The number of hydrogen-bond acceptors (Lipinski definition) is 8. The van der Waals surface area contributed by atoms with Crippen LogP contribution in [0.1, 0.15) is 31.8 Å². The number of thiophene rings is 1. The number of aryl methyl sites for hydroxylation is 3. The summed E-state index contributed by atoms with van der Waals surface area (Å²) in [6, 6.07) is 0. The van der Waals surface area contributed by atoms with Crippen molar-refractivity contribution >= 4 is 44.7 Å². The molecule has 3 rings (SSSR count). The van der Waals surface area contributed by atoms with E-state index in [1.807, 2.05) is 33.2 Å². The highest BCUT2D eigenvalue weighted by atomic mass is 32.1. The molecule has 3 aromatic rings. The summed E-state index contributed by atoms with van der Waals surface area (Å²) in [7, 11) is 3.37. The normalized spacial score (nSPS) is 11.0. The zero-order valence-corrected chi connectivity index (χ0v) is 15.8. The number of carbonyl (C=O) groups is 1. The first-order chi connectivity index (χ1) is 11.4. The molecule has 0 saturated heterocycles. The van der Waals surface area contributed by atoms with Gasteiger partial charge in [-0.25, -0.2) is 19.7 Å². The van der Waals surface area contributed by atoms with Crippen LogP contribution >= 0.6 is 22.7 Å². The summed E-state index contributed by atoms with van der Waals surface area (Å²) >= 11 is 2.98. The van der Waals surface area contributed by atoms with E-state index in [1.165, 1.54) is 18.4 Å². The zero-order valence-electron chi connectivity index (χ0n) is 14.2. The second-order valence-corrected chi connectivity index (χ2v) is 7.50. The fourth-order valence-corrected chi connectivity index (χ4v) is 4.50. The lowest BCUT2D eigenvalue weighted by molar-refractivity contribution is 0.0605. The summed E-state index contributed by atoms with van der Waals surface area (Å²) in [5.74, 6) is 1.16. The molecular formula is C16H18N4O2S2. The molecule has 0 aliphatic heterocycles. The first-order valence-electron chi connectivity index (χ1n) is 7.39. The van der Waals surface area contributed by atoms with Crippen LogP contribution in [-0.4, -0.2) is 35.1 Å². The molecule has 0 fully saturated rings. The van der Waals surface area contributed by atoms with Crippen LogP contribution in [0.4, 0.5) is 5.82 Å². The smallest absolute Gasteiger partial charge is 0.348 e. The molecule has 3 heterocycles. The molecule has 0 amide bonds. The summed E-state index contributed by atoms with van der Waals surface area (Å²) in [4.78, 5) is 29.0. The van der Waals surface area contributed by atoms with Gasteiger partial charge in [-0.2, -0.15) is 0 Å². The Bertz CT molecular complexity index is 916. The lowest BCUT2D eigenvalue weighted by Crippen LogP contribution is -2.18. The minimum absolute atomic E-state index is 0.336. The Kier molecular flexibility index (Phi) is 4.51. The Morgan fingerprint density at radius 3 is 2.62 bits per heavy atom. The van der Waals surface area contributed by atoms with E-state index in [2.05, 4.69) is 19.9 Å². The zero-order chi connectivity index (χ0) is 17.4. The maximum Gasteiger partial charge on any atom is 0.348 e. The third-order valence-corrected chi connectivity index (χ3v) is 5.77. The van der Waals surface area contributed by atoms with Crippen molar-refractivity contribution in [2.45, 2.75) is 27.3 Å². The van der Waals surface area contributed by atoms with E-state index in [9.17, 15) is 4.79 Å². The van der Waals surface area contributed by atoms with Gasteiger partial charge in [0.05, 0.1) is 19.0 Å². The summed E-state index contributed by atoms with van der Waals surface area (Å²) < 4.78 is 4.88. The summed E-state index contributed by atoms with van der Waals surface area (Å²) in [5.41, 5.74) is 1.88. The highest BCUT2D eigenvalue weighted by Crippen LogP contribution is 2.36.